The van der Waals surface area contributed by atoms with E-state index < -0.39 is 0 Å². The molecule has 0 saturated carbocycles. The Morgan fingerprint density at radius 1 is 1.26 bits per heavy atom. The van der Waals surface area contributed by atoms with E-state index in [1.54, 1.807) is 7.05 Å². The van der Waals surface area contributed by atoms with Gasteiger partial charge < -0.3 is 9.47 Å². The van der Waals surface area contributed by atoms with Crippen LogP contribution in [0.15, 0.2) is 33.9 Å². The van der Waals surface area contributed by atoms with Crippen molar-refractivity contribution in [2.75, 3.05) is 11.4 Å². The number of nitrogens with zero attached hydrogens (tertiary/aromatic N) is 5. The van der Waals surface area contributed by atoms with Crippen molar-refractivity contribution < 1.29 is 0 Å². The second-order valence-corrected chi connectivity index (χ2v) is 7.63. The minimum Gasteiger partial charge on any atom is -0.312 e. The van der Waals surface area contributed by atoms with Crippen LogP contribution in [0.1, 0.15) is 20.3 Å². The van der Waals surface area contributed by atoms with Gasteiger partial charge in [0.15, 0.2) is 11.2 Å². The number of hydrogen-bond acceptors (Lipinski definition) is 4. The number of hydrogen-bond donors (Lipinski definition) is 0. The molecule has 7 nitrogen and oxygen atoms in total. The lowest BCUT2D eigenvalue weighted by atomic mass is 10.1. The lowest BCUT2D eigenvalue weighted by molar-refractivity contribution is 0.457. The van der Waals surface area contributed by atoms with Crippen molar-refractivity contribution in [3.63, 3.8) is 0 Å². The Hall–Kier alpha value is -2.54. The van der Waals surface area contributed by atoms with Gasteiger partial charge in [-0.1, -0.05) is 31.5 Å². The van der Waals surface area contributed by atoms with E-state index in [2.05, 4.69) is 11.8 Å². The van der Waals surface area contributed by atoms with E-state index in [1.807, 2.05) is 35.8 Å². The first kappa shape index (κ1) is 17.9. The lowest BCUT2D eigenvalue weighted by Gasteiger charge is -2.33. The van der Waals surface area contributed by atoms with Crippen molar-refractivity contribution >= 4 is 34.4 Å². The molecule has 8 heteroatoms. The first-order chi connectivity index (χ1) is 12.9. The van der Waals surface area contributed by atoms with Gasteiger partial charge in [0, 0.05) is 37.4 Å². The molecule has 0 fully saturated rings. The maximum absolute atomic E-state index is 13.1. The van der Waals surface area contributed by atoms with Crippen LogP contribution in [0.3, 0.4) is 0 Å². The fourth-order valence-electron chi connectivity index (χ4n) is 3.79. The average Bonchev–Trinajstić information content (AvgIpc) is 3.02. The first-order valence-electron chi connectivity index (χ1n) is 9.15. The monoisotopic (exact) mass is 387 g/mol. The zero-order valence-electron chi connectivity index (χ0n) is 15.6. The van der Waals surface area contributed by atoms with Gasteiger partial charge in [-0.15, -0.1) is 0 Å². The summed E-state index contributed by atoms with van der Waals surface area (Å²) >= 11 is 6.18. The highest BCUT2D eigenvalue weighted by Crippen LogP contribution is 2.33. The molecule has 0 amide bonds. The van der Waals surface area contributed by atoms with Crippen LogP contribution < -0.4 is 16.1 Å². The third-order valence-electron chi connectivity index (χ3n) is 5.01. The van der Waals surface area contributed by atoms with Crippen LogP contribution >= 0.6 is 11.6 Å². The molecule has 1 aliphatic heterocycles. The normalized spacial score (nSPS) is 16.7. The molecular weight excluding hydrogens is 366 g/mol. The number of fused-ring (bicyclic) bond motifs is 3. The Kier molecular flexibility index (Phi) is 4.34. The fraction of sp³-hybridized carbons (Fsp3) is 0.421. The summed E-state index contributed by atoms with van der Waals surface area (Å²) in [5, 5.41) is 0.645. The van der Waals surface area contributed by atoms with Crippen molar-refractivity contribution in [1.29, 1.82) is 0 Å². The average molecular weight is 388 g/mol. The minimum atomic E-state index is -0.327. The Balaban J connectivity index is 2.02. The number of aryl methyl sites for hydroxylation is 1. The van der Waals surface area contributed by atoms with Crippen LogP contribution in [0.2, 0.25) is 5.02 Å². The zero-order chi connectivity index (χ0) is 19.3. The molecule has 1 atom stereocenters. The van der Waals surface area contributed by atoms with E-state index in [4.69, 9.17) is 16.6 Å². The number of anilines is 2. The first-order valence-corrected chi connectivity index (χ1v) is 9.53. The molecule has 4 rings (SSSR count). The highest BCUT2D eigenvalue weighted by Gasteiger charge is 2.29. The molecule has 0 unspecified atom stereocenters. The van der Waals surface area contributed by atoms with E-state index in [9.17, 15) is 9.59 Å². The van der Waals surface area contributed by atoms with Gasteiger partial charge in [-0.2, -0.15) is 4.98 Å². The molecule has 1 aliphatic rings. The van der Waals surface area contributed by atoms with Gasteiger partial charge in [-0.05, 0) is 30.5 Å². The van der Waals surface area contributed by atoms with Gasteiger partial charge in [0.05, 0.1) is 0 Å². The topological polar surface area (TPSA) is 65.1 Å². The standard InChI is InChI=1S/C19H22ClN5O2/c1-4-8-23-17(26)15-16(22(3)19(23)27)21-18-24(10-12(2)11-25(15)18)14-7-5-6-13(20)9-14/h5-7,9,12H,4,8,10-11H2,1-3H3/t12-/m0/s1. The maximum atomic E-state index is 13.1. The van der Waals surface area contributed by atoms with Crippen LogP contribution in [-0.4, -0.2) is 25.2 Å². The predicted octanol–water partition coefficient (Wildman–Crippen LogP) is 2.75. The van der Waals surface area contributed by atoms with Crippen molar-refractivity contribution in [3.05, 3.63) is 50.1 Å². The van der Waals surface area contributed by atoms with Gasteiger partial charge in [0.2, 0.25) is 5.95 Å². The molecule has 3 heterocycles. The molecule has 2 aromatic heterocycles. The molecule has 27 heavy (non-hydrogen) atoms. The summed E-state index contributed by atoms with van der Waals surface area (Å²) in [4.78, 5) is 32.4. The SMILES string of the molecule is CCCn1c(=O)c2c(nc3n2C[C@@H](C)CN3c2cccc(Cl)c2)n(C)c1=O. The maximum Gasteiger partial charge on any atom is 0.332 e. The second kappa shape index (κ2) is 6.56. The molecule has 0 saturated heterocycles. The predicted molar refractivity (Wildman–Crippen MR) is 107 cm³/mol. The van der Waals surface area contributed by atoms with E-state index >= 15 is 0 Å². The van der Waals surface area contributed by atoms with Crippen LogP contribution in [-0.2, 0) is 20.1 Å². The van der Waals surface area contributed by atoms with Crippen LogP contribution in [0, 0.1) is 5.92 Å². The van der Waals surface area contributed by atoms with E-state index in [0.717, 1.165) is 12.2 Å². The summed E-state index contributed by atoms with van der Waals surface area (Å²) < 4.78 is 4.72. The van der Waals surface area contributed by atoms with Crippen molar-refractivity contribution in [2.45, 2.75) is 33.4 Å². The Bertz CT molecular complexity index is 1140. The Labute approximate surface area is 161 Å². The van der Waals surface area contributed by atoms with Crippen molar-refractivity contribution in [3.8, 4) is 0 Å². The van der Waals surface area contributed by atoms with Gasteiger partial charge in [0.1, 0.15) is 0 Å². The van der Waals surface area contributed by atoms with Gasteiger partial charge in [-0.25, -0.2) is 4.79 Å². The quantitative estimate of drug-likeness (QED) is 0.693. The molecule has 0 radical (unpaired) electrons. The summed E-state index contributed by atoms with van der Waals surface area (Å²) in [7, 11) is 1.67. The Morgan fingerprint density at radius 3 is 2.74 bits per heavy atom. The highest BCUT2D eigenvalue weighted by molar-refractivity contribution is 6.30. The molecule has 0 spiro atoms. The largest absolute Gasteiger partial charge is 0.332 e. The van der Waals surface area contributed by atoms with Gasteiger partial charge in [0.25, 0.3) is 5.56 Å². The summed E-state index contributed by atoms with van der Waals surface area (Å²) in [6, 6.07) is 7.59. The van der Waals surface area contributed by atoms with Crippen LogP contribution in [0.4, 0.5) is 11.6 Å². The molecule has 0 N–H and O–H groups in total. The van der Waals surface area contributed by atoms with Crippen molar-refractivity contribution in [2.24, 2.45) is 13.0 Å². The molecule has 0 aliphatic carbocycles. The summed E-state index contributed by atoms with van der Waals surface area (Å²) in [5.74, 6) is 0.983. The van der Waals surface area contributed by atoms with E-state index in [-0.39, 0.29) is 11.2 Å². The third-order valence-corrected chi connectivity index (χ3v) is 5.24. The smallest absolute Gasteiger partial charge is 0.312 e. The van der Waals surface area contributed by atoms with E-state index in [1.165, 1.54) is 9.13 Å². The number of rotatable bonds is 3. The number of benzene rings is 1. The molecular formula is C19H22ClN5O2. The summed E-state index contributed by atoms with van der Waals surface area (Å²) in [6.07, 6.45) is 0.715. The Morgan fingerprint density at radius 2 is 2.04 bits per heavy atom. The van der Waals surface area contributed by atoms with Gasteiger partial charge in [-0.3, -0.25) is 13.9 Å². The second-order valence-electron chi connectivity index (χ2n) is 7.19. The summed E-state index contributed by atoms with van der Waals surface area (Å²) in [5.41, 5.74) is 1.23. The van der Waals surface area contributed by atoms with E-state index in [0.29, 0.717) is 47.6 Å². The van der Waals surface area contributed by atoms with Gasteiger partial charge >= 0.3 is 5.69 Å². The number of aromatic nitrogens is 4. The zero-order valence-corrected chi connectivity index (χ0v) is 16.4. The fourth-order valence-corrected chi connectivity index (χ4v) is 3.97. The molecule has 0 bridgehead atoms. The number of imidazole rings is 1. The van der Waals surface area contributed by atoms with Crippen LogP contribution in [0.5, 0.6) is 0 Å². The van der Waals surface area contributed by atoms with Crippen molar-refractivity contribution in [1.82, 2.24) is 18.7 Å². The molecule has 142 valence electrons. The summed E-state index contributed by atoms with van der Waals surface area (Å²) in [6.45, 7) is 5.93. The lowest BCUT2D eigenvalue weighted by Crippen LogP contribution is -2.40. The highest BCUT2D eigenvalue weighted by atomic mass is 35.5. The molecule has 1 aromatic carbocycles. The third kappa shape index (κ3) is 2.77. The van der Waals surface area contributed by atoms with Crippen LogP contribution in [0.25, 0.3) is 11.2 Å². The molecule has 3 aromatic rings. The minimum absolute atomic E-state index is 0.270. The number of halogens is 1.